The van der Waals surface area contributed by atoms with Crippen LogP contribution in [0.25, 0.3) is 10.8 Å². The van der Waals surface area contributed by atoms with Crippen molar-refractivity contribution in [3.63, 3.8) is 0 Å². The van der Waals surface area contributed by atoms with Crippen LogP contribution in [0.2, 0.25) is 0 Å². The number of allylic oxidation sites excluding steroid dienone is 1. The summed E-state index contributed by atoms with van der Waals surface area (Å²) in [6.45, 7) is 14.7. The van der Waals surface area contributed by atoms with Crippen molar-refractivity contribution in [2.45, 2.75) is 147 Å². The number of alkyl carbamates (subject to hydrolysis) is 1. The van der Waals surface area contributed by atoms with Crippen LogP contribution < -0.4 is 24.8 Å². The van der Waals surface area contributed by atoms with Crippen molar-refractivity contribution in [2.24, 2.45) is 17.8 Å². The summed E-state index contributed by atoms with van der Waals surface area (Å²) in [5.41, 5.74) is -2.36. The molecule has 0 bridgehead atoms. The molecule has 3 N–H and O–H groups in total. The van der Waals surface area contributed by atoms with Gasteiger partial charge in [-0.05, 0) is 103 Å². The summed E-state index contributed by atoms with van der Waals surface area (Å²) >= 11 is 0. The molecule has 1 aromatic heterocycles. The summed E-state index contributed by atoms with van der Waals surface area (Å²) in [6.07, 6.45) is 5.75. The number of hydrogen-bond donors (Lipinski definition) is 3. The molecule has 3 fully saturated rings. The molecule has 2 saturated carbocycles. The monoisotopic (exact) mass is 809 g/mol. The minimum absolute atomic E-state index is 0.0300. The number of carbonyl (C=O) groups excluding carboxylic acids is 4. The van der Waals surface area contributed by atoms with Crippen LogP contribution in [-0.4, -0.2) is 88.8 Å². The molecule has 1 saturated heterocycles. The van der Waals surface area contributed by atoms with Gasteiger partial charge in [-0.3, -0.25) is 19.1 Å². The fourth-order valence-electron chi connectivity index (χ4n) is 8.22. The van der Waals surface area contributed by atoms with Crippen LogP contribution in [0.15, 0.2) is 42.5 Å². The molecular formula is C42H59N5O9S. The summed E-state index contributed by atoms with van der Waals surface area (Å²) in [7, 11) is -4.02. The first-order valence-corrected chi connectivity index (χ1v) is 21.8. The number of sulfonamides is 1. The van der Waals surface area contributed by atoms with E-state index in [1.165, 1.54) is 4.90 Å². The molecule has 4 aliphatic rings. The highest BCUT2D eigenvalue weighted by Crippen LogP contribution is 2.49. The third-order valence-electron chi connectivity index (χ3n) is 11.7. The first kappa shape index (κ1) is 42.2. The molecule has 0 unspecified atom stereocenters. The van der Waals surface area contributed by atoms with Crippen molar-refractivity contribution >= 4 is 44.6 Å². The Morgan fingerprint density at radius 1 is 1.11 bits per heavy atom. The number of fused-ring (bicyclic) bond motifs is 3. The number of nitrogens with zero attached hydrogens (tertiary/aromatic N) is 2. The number of rotatable bonds is 9. The molecular weight excluding hydrogens is 751 g/mol. The maximum atomic E-state index is 14.9. The van der Waals surface area contributed by atoms with Crippen LogP contribution in [0.4, 0.5) is 4.79 Å². The van der Waals surface area contributed by atoms with Gasteiger partial charge in [-0.1, -0.05) is 51.1 Å². The van der Waals surface area contributed by atoms with Gasteiger partial charge in [0.25, 0.3) is 5.91 Å². The molecule has 14 nitrogen and oxygen atoms in total. The smallest absolute Gasteiger partial charge is 0.408 e. The predicted molar refractivity (Wildman–Crippen MR) is 215 cm³/mol. The molecule has 312 valence electrons. The fourth-order valence-corrected chi connectivity index (χ4v) is 9.88. The summed E-state index contributed by atoms with van der Waals surface area (Å²) in [5.74, 6) is -1.94. The van der Waals surface area contributed by atoms with E-state index in [4.69, 9.17) is 14.2 Å². The highest BCUT2D eigenvalue weighted by atomic mass is 32.2. The van der Waals surface area contributed by atoms with Gasteiger partial charge in [0.05, 0.1) is 17.4 Å². The molecule has 0 radical (unpaired) electrons. The van der Waals surface area contributed by atoms with Gasteiger partial charge in [0.2, 0.25) is 33.6 Å². The largest absolute Gasteiger partial charge is 0.475 e. The molecule has 15 heteroatoms. The SMILES string of the molecule is CCC1(S(=O)(=O)NC(=O)[C@@]23C[C@H]2/C=C\CC[C@@H](C)C[C@@H](C)[C@H](NC(=O)OC(C)(C)C)C(=O)N2C[C@H](Oc4nc(OC(C)C)cc5ccccc45)C[C@H]2C(=O)N3)CC1. The lowest BCUT2D eigenvalue weighted by molar-refractivity contribution is -0.142. The molecule has 2 aliphatic heterocycles. The Hall–Kier alpha value is -4.40. The van der Waals surface area contributed by atoms with Crippen LogP contribution >= 0.6 is 0 Å². The Balaban J connectivity index is 1.36. The average molecular weight is 810 g/mol. The Bertz CT molecular complexity index is 2010. The second-order valence-corrected chi connectivity index (χ2v) is 19.9. The van der Waals surface area contributed by atoms with Crippen LogP contribution in [0.5, 0.6) is 11.8 Å². The van der Waals surface area contributed by atoms with E-state index in [0.29, 0.717) is 43.4 Å². The zero-order chi connectivity index (χ0) is 41.5. The quantitative estimate of drug-likeness (QED) is 0.272. The van der Waals surface area contributed by atoms with Gasteiger partial charge in [-0.2, -0.15) is 4.98 Å². The second kappa shape index (κ2) is 16.1. The number of ether oxygens (including phenoxy) is 3. The molecule has 2 aromatic rings. The van der Waals surface area contributed by atoms with Crippen molar-refractivity contribution in [3.05, 3.63) is 42.5 Å². The van der Waals surface area contributed by atoms with Crippen LogP contribution in [-0.2, 0) is 29.1 Å². The number of benzene rings is 1. The number of nitrogens with one attached hydrogen (secondary N) is 3. The first-order valence-electron chi connectivity index (χ1n) is 20.3. The van der Waals surface area contributed by atoms with Crippen molar-refractivity contribution in [1.29, 1.82) is 0 Å². The number of aromatic nitrogens is 1. The van der Waals surface area contributed by atoms with Crippen molar-refractivity contribution < 1.29 is 41.8 Å². The number of carbonyl (C=O) groups is 4. The minimum Gasteiger partial charge on any atom is -0.475 e. The van der Waals surface area contributed by atoms with Crippen LogP contribution in [0, 0.1) is 17.8 Å². The van der Waals surface area contributed by atoms with Crippen LogP contribution in [0.1, 0.15) is 107 Å². The maximum Gasteiger partial charge on any atom is 0.408 e. The summed E-state index contributed by atoms with van der Waals surface area (Å²) in [6, 6.07) is 7.17. The minimum atomic E-state index is -4.02. The molecule has 0 spiro atoms. The van der Waals surface area contributed by atoms with Gasteiger partial charge < -0.3 is 29.7 Å². The zero-order valence-corrected chi connectivity index (χ0v) is 35.2. The maximum absolute atomic E-state index is 14.9. The van der Waals surface area contributed by atoms with E-state index in [1.807, 2.05) is 63.3 Å². The molecule has 2 aliphatic carbocycles. The normalized spacial score (nSPS) is 29.5. The fraction of sp³-hybridized carbons (Fsp3) is 0.643. The number of pyridine rings is 1. The van der Waals surface area contributed by atoms with E-state index < -0.39 is 73.8 Å². The predicted octanol–water partition coefficient (Wildman–Crippen LogP) is 5.54. The lowest BCUT2D eigenvalue weighted by atomic mass is 9.88. The molecule has 1 aromatic carbocycles. The first-order chi connectivity index (χ1) is 26.8. The topological polar surface area (TPSA) is 182 Å². The Kier molecular flexibility index (Phi) is 11.9. The Morgan fingerprint density at radius 3 is 2.49 bits per heavy atom. The number of amides is 4. The third-order valence-corrected chi connectivity index (χ3v) is 13.9. The van der Waals surface area contributed by atoms with Gasteiger partial charge in [0.1, 0.15) is 29.3 Å². The standard InChI is InChI=1S/C42H59N5O9S/c1-9-41(18-19-41)57(52,53)46-38(50)42-23-29(42)16-12-10-14-26(4)20-27(5)34(44-39(51)56-40(6,7)8)37(49)47-24-30(22-32(47)35(48)45-42)55-36-31-17-13-11-15-28(31)21-33(43-36)54-25(2)3/h11-13,15-17,21,25-27,29-30,32,34H,9-10,14,18-20,22-24H2,1-8H3,(H,44,51)(H,45,48)(H,46,50)/b16-12-/t26-,27-,29-,30-,32+,34+,42-/m1/s1. The molecule has 3 heterocycles. The van der Waals surface area contributed by atoms with Gasteiger partial charge in [-0.25, -0.2) is 13.2 Å². The molecule has 6 rings (SSSR count). The number of hydrogen-bond acceptors (Lipinski definition) is 10. The Labute approximate surface area is 336 Å². The van der Waals surface area contributed by atoms with E-state index in [2.05, 4.69) is 27.3 Å². The van der Waals surface area contributed by atoms with Gasteiger partial charge in [0.15, 0.2) is 0 Å². The van der Waals surface area contributed by atoms with Crippen molar-refractivity contribution in [3.8, 4) is 11.8 Å². The Morgan fingerprint density at radius 2 is 1.82 bits per heavy atom. The zero-order valence-electron chi connectivity index (χ0n) is 34.4. The van der Waals surface area contributed by atoms with Crippen molar-refractivity contribution in [1.82, 2.24) is 25.2 Å². The summed E-state index contributed by atoms with van der Waals surface area (Å²) in [4.78, 5) is 62.9. The lowest BCUT2D eigenvalue weighted by Crippen LogP contribution is -2.59. The average Bonchev–Trinajstić information content (AvgIpc) is 4.02. The van der Waals surface area contributed by atoms with E-state index in [-0.39, 0.29) is 43.2 Å². The van der Waals surface area contributed by atoms with Gasteiger partial charge >= 0.3 is 6.09 Å². The molecule has 7 atom stereocenters. The van der Waals surface area contributed by atoms with E-state index in [0.717, 1.165) is 11.8 Å². The highest BCUT2D eigenvalue weighted by Gasteiger charge is 2.63. The van der Waals surface area contributed by atoms with Gasteiger partial charge in [-0.15, -0.1) is 0 Å². The van der Waals surface area contributed by atoms with Crippen molar-refractivity contribution in [2.75, 3.05) is 6.54 Å². The highest BCUT2D eigenvalue weighted by molar-refractivity contribution is 7.91. The van der Waals surface area contributed by atoms with E-state index >= 15 is 0 Å². The molecule has 4 amide bonds. The summed E-state index contributed by atoms with van der Waals surface area (Å²) in [5, 5.41) is 7.30. The molecule has 57 heavy (non-hydrogen) atoms. The second-order valence-electron chi connectivity index (χ2n) is 17.8. The lowest BCUT2D eigenvalue weighted by Gasteiger charge is -2.33. The summed E-state index contributed by atoms with van der Waals surface area (Å²) < 4.78 is 46.3. The van der Waals surface area contributed by atoms with E-state index in [1.54, 1.807) is 27.7 Å². The van der Waals surface area contributed by atoms with Gasteiger partial charge in [0, 0.05) is 23.8 Å². The third kappa shape index (κ3) is 9.34. The van der Waals surface area contributed by atoms with Crippen LogP contribution in [0.3, 0.4) is 0 Å². The van der Waals surface area contributed by atoms with E-state index in [9.17, 15) is 27.6 Å².